The second-order valence-corrected chi connectivity index (χ2v) is 4.31. The quantitative estimate of drug-likeness (QED) is 0.739. The summed E-state index contributed by atoms with van der Waals surface area (Å²) in [6, 6.07) is 14.4. The second kappa shape index (κ2) is 5.91. The van der Waals surface area contributed by atoms with Gasteiger partial charge < -0.3 is 15.7 Å². The molecule has 0 atom stereocenters. The number of amides is 2. The van der Waals surface area contributed by atoms with Gasteiger partial charge in [-0.05, 0) is 30.2 Å². The Balaban J connectivity index is 1.91. The monoisotopic (exact) mass is 256 g/mol. The van der Waals surface area contributed by atoms with Crippen LogP contribution in [0.3, 0.4) is 0 Å². The zero-order chi connectivity index (χ0) is 13.7. The molecule has 0 spiro atoms. The molecule has 2 aromatic carbocycles. The first-order valence-corrected chi connectivity index (χ1v) is 6.03. The molecule has 0 unspecified atom stereocenters. The standard InChI is InChI=1S/C15H16N2O2/c1-11-7-8-13(14(18)9-11)17-15(19)16-10-12-5-3-2-4-6-12/h2-9,18H,10H2,1H3,(H2,16,17,19). The predicted molar refractivity (Wildman–Crippen MR) is 75.1 cm³/mol. The molecule has 0 radical (unpaired) electrons. The molecule has 0 fully saturated rings. The van der Waals surface area contributed by atoms with Crippen LogP contribution in [0.5, 0.6) is 5.75 Å². The SMILES string of the molecule is Cc1ccc(NC(=O)NCc2ccccc2)c(O)c1. The van der Waals surface area contributed by atoms with Gasteiger partial charge in [0, 0.05) is 6.54 Å². The summed E-state index contributed by atoms with van der Waals surface area (Å²) in [7, 11) is 0. The van der Waals surface area contributed by atoms with E-state index in [2.05, 4.69) is 10.6 Å². The third-order valence-electron chi connectivity index (χ3n) is 2.70. The average molecular weight is 256 g/mol. The Morgan fingerprint density at radius 1 is 1.16 bits per heavy atom. The van der Waals surface area contributed by atoms with Crippen molar-refractivity contribution in [3.63, 3.8) is 0 Å². The van der Waals surface area contributed by atoms with Gasteiger partial charge in [0.2, 0.25) is 0 Å². The summed E-state index contributed by atoms with van der Waals surface area (Å²) < 4.78 is 0. The van der Waals surface area contributed by atoms with Crippen LogP contribution in [0.4, 0.5) is 10.5 Å². The van der Waals surface area contributed by atoms with Gasteiger partial charge in [-0.15, -0.1) is 0 Å². The van der Waals surface area contributed by atoms with Crippen LogP contribution in [0.25, 0.3) is 0 Å². The minimum Gasteiger partial charge on any atom is -0.506 e. The molecule has 2 rings (SSSR count). The number of hydrogen-bond acceptors (Lipinski definition) is 2. The highest BCUT2D eigenvalue weighted by Gasteiger charge is 2.05. The molecule has 4 nitrogen and oxygen atoms in total. The fourth-order valence-electron chi connectivity index (χ4n) is 1.69. The zero-order valence-electron chi connectivity index (χ0n) is 10.7. The van der Waals surface area contributed by atoms with Gasteiger partial charge in [-0.25, -0.2) is 4.79 Å². The van der Waals surface area contributed by atoms with E-state index in [1.54, 1.807) is 12.1 Å². The molecule has 3 N–H and O–H groups in total. The van der Waals surface area contributed by atoms with Crippen LogP contribution < -0.4 is 10.6 Å². The van der Waals surface area contributed by atoms with E-state index < -0.39 is 0 Å². The van der Waals surface area contributed by atoms with E-state index in [1.807, 2.05) is 43.3 Å². The molecule has 98 valence electrons. The van der Waals surface area contributed by atoms with Crippen LogP contribution in [0.2, 0.25) is 0 Å². The first-order chi connectivity index (χ1) is 9.15. The Labute approximate surface area is 112 Å². The summed E-state index contributed by atoms with van der Waals surface area (Å²) in [5.41, 5.74) is 2.36. The number of aryl methyl sites for hydroxylation is 1. The number of phenols is 1. The van der Waals surface area contributed by atoms with Crippen LogP contribution in [-0.4, -0.2) is 11.1 Å². The van der Waals surface area contributed by atoms with Crippen LogP contribution in [0.15, 0.2) is 48.5 Å². The normalized spacial score (nSPS) is 9.95. The molecule has 0 aliphatic rings. The van der Waals surface area contributed by atoms with Crippen LogP contribution in [-0.2, 0) is 6.54 Å². The molecule has 2 aromatic rings. The lowest BCUT2D eigenvalue weighted by molar-refractivity contribution is 0.251. The van der Waals surface area contributed by atoms with Gasteiger partial charge in [-0.2, -0.15) is 0 Å². The first kappa shape index (κ1) is 13.0. The molecule has 0 heterocycles. The molecular formula is C15H16N2O2. The third-order valence-corrected chi connectivity index (χ3v) is 2.70. The van der Waals surface area contributed by atoms with Crippen molar-refractivity contribution < 1.29 is 9.90 Å². The molecule has 0 aliphatic carbocycles. The van der Waals surface area contributed by atoms with E-state index in [0.717, 1.165) is 11.1 Å². The number of anilines is 1. The van der Waals surface area contributed by atoms with Crippen molar-refractivity contribution in [2.24, 2.45) is 0 Å². The summed E-state index contributed by atoms with van der Waals surface area (Å²) in [5, 5.41) is 15.0. The van der Waals surface area contributed by atoms with E-state index in [1.165, 1.54) is 0 Å². The Hall–Kier alpha value is -2.49. The summed E-state index contributed by atoms with van der Waals surface area (Å²) in [6.07, 6.45) is 0. The van der Waals surface area contributed by atoms with Crippen molar-refractivity contribution in [2.45, 2.75) is 13.5 Å². The Kier molecular flexibility index (Phi) is 4.03. The highest BCUT2D eigenvalue weighted by Crippen LogP contribution is 2.23. The molecular weight excluding hydrogens is 240 g/mol. The van der Waals surface area contributed by atoms with Gasteiger partial charge in [-0.3, -0.25) is 0 Å². The predicted octanol–water partition coefficient (Wildman–Crippen LogP) is 3.02. The van der Waals surface area contributed by atoms with Gasteiger partial charge in [0.15, 0.2) is 0 Å². The molecule has 0 saturated carbocycles. The Morgan fingerprint density at radius 2 is 1.89 bits per heavy atom. The zero-order valence-corrected chi connectivity index (χ0v) is 10.7. The van der Waals surface area contributed by atoms with Crippen LogP contribution in [0.1, 0.15) is 11.1 Å². The van der Waals surface area contributed by atoms with Gasteiger partial charge in [0.05, 0.1) is 5.69 Å². The number of carbonyl (C=O) groups is 1. The minimum absolute atomic E-state index is 0.0647. The lowest BCUT2D eigenvalue weighted by Gasteiger charge is -2.09. The molecule has 0 aromatic heterocycles. The van der Waals surface area contributed by atoms with Gasteiger partial charge >= 0.3 is 6.03 Å². The Morgan fingerprint density at radius 3 is 2.58 bits per heavy atom. The van der Waals surface area contributed by atoms with Crippen molar-refractivity contribution >= 4 is 11.7 Å². The maximum absolute atomic E-state index is 11.7. The summed E-state index contributed by atoms with van der Waals surface area (Å²) in [4.78, 5) is 11.7. The van der Waals surface area contributed by atoms with Gasteiger partial charge in [0.1, 0.15) is 5.75 Å². The maximum Gasteiger partial charge on any atom is 0.319 e. The highest BCUT2D eigenvalue weighted by molar-refractivity contribution is 5.90. The molecule has 0 aliphatic heterocycles. The number of carbonyl (C=O) groups excluding carboxylic acids is 1. The number of benzene rings is 2. The van der Waals surface area contributed by atoms with Crippen molar-refractivity contribution in [2.75, 3.05) is 5.32 Å². The number of phenolic OH excluding ortho intramolecular Hbond substituents is 1. The molecule has 2 amide bonds. The number of rotatable bonds is 3. The summed E-state index contributed by atoms with van der Waals surface area (Å²) >= 11 is 0. The molecule has 0 saturated heterocycles. The van der Waals surface area contributed by atoms with Crippen molar-refractivity contribution in [1.82, 2.24) is 5.32 Å². The van der Waals surface area contributed by atoms with E-state index in [4.69, 9.17) is 0 Å². The van der Waals surface area contributed by atoms with Crippen LogP contribution >= 0.6 is 0 Å². The smallest absolute Gasteiger partial charge is 0.319 e. The fourth-order valence-corrected chi connectivity index (χ4v) is 1.69. The third kappa shape index (κ3) is 3.74. The largest absolute Gasteiger partial charge is 0.506 e. The van der Waals surface area contributed by atoms with Crippen molar-refractivity contribution in [3.8, 4) is 5.75 Å². The van der Waals surface area contributed by atoms with Crippen molar-refractivity contribution in [1.29, 1.82) is 0 Å². The van der Waals surface area contributed by atoms with Crippen LogP contribution in [0, 0.1) is 6.92 Å². The molecule has 19 heavy (non-hydrogen) atoms. The van der Waals surface area contributed by atoms with E-state index >= 15 is 0 Å². The number of urea groups is 1. The lowest BCUT2D eigenvalue weighted by Crippen LogP contribution is -2.28. The Bertz CT molecular complexity index is 568. The maximum atomic E-state index is 11.7. The van der Waals surface area contributed by atoms with E-state index in [-0.39, 0.29) is 11.8 Å². The number of aromatic hydroxyl groups is 1. The summed E-state index contributed by atoms with van der Waals surface area (Å²) in [6.45, 7) is 2.32. The fraction of sp³-hybridized carbons (Fsp3) is 0.133. The molecule has 4 heteroatoms. The van der Waals surface area contributed by atoms with Crippen molar-refractivity contribution in [3.05, 3.63) is 59.7 Å². The average Bonchev–Trinajstić information content (AvgIpc) is 2.41. The first-order valence-electron chi connectivity index (χ1n) is 6.03. The molecule has 0 bridgehead atoms. The lowest BCUT2D eigenvalue weighted by atomic mass is 10.2. The highest BCUT2D eigenvalue weighted by atomic mass is 16.3. The topological polar surface area (TPSA) is 61.4 Å². The van der Waals surface area contributed by atoms with E-state index in [9.17, 15) is 9.90 Å². The summed E-state index contributed by atoms with van der Waals surface area (Å²) in [5.74, 6) is 0.0647. The number of hydrogen-bond donors (Lipinski definition) is 3. The van der Waals surface area contributed by atoms with Gasteiger partial charge in [-0.1, -0.05) is 36.4 Å². The number of nitrogens with one attached hydrogen (secondary N) is 2. The van der Waals surface area contributed by atoms with E-state index in [0.29, 0.717) is 12.2 Å². The minimum atomic E-state index is -0.344. The second-order valence-electron chi connectivity index (χ2n) is 4.31. The van der Waals surface area contributed by atoms with Gasteiger partial charge in [0.25, 0.3) is 0 Å².